The third-order valence-corrected chi connectivity index (χ3v) is 4.57. The van der Waals surface area contributed by atoms with Gasteiger partial charge in [-0.05, 0) is 30.2 Å². The molecule has 1 unspecified atom stereocenters. The third kappa shape index (κ3) is 2.89. The molecular formula is C15H14FN3O2S. The molecule has 0 aliphatic carbocycles. The van der Waals surface area contributed by atoms with Gasteiger partial charge in [0, 0.05) is 10.6 Å². The van der Waals surface area contributed by atoms with Crippen LogP contribution in [-0.2, 0) is 4.74 Å². The highest BCUT2D eigenvalue weighted by atomic mass is 32.2. The predicted molar refractivity (Wildman–Crippen MR) is 81.5 cm³/mol. The zero-order valence-corrected chi connectivity index (χ0v) is 12.7. The molecule has 2 aromatic rings. The van der Waals surface area contributed by atoms with Gasteiger partial charge in [-0.1, -0.05) is 12.1 Å². The summed E-state index contributed by atoms with van der Waals surface area (Å²) in [5.41, 5.74) is 1.08. The monoisotopic (exact) mass is 319 g/mol. The van der Waals surface area contributed by atoms with E-state index in [2.05, 4.69) is 20.3 Å². The van der Waals surface area contributed by atoms with Gasteiger partial charge in [-0.3, -0.25) is 0 Å². The van der Waals surface area contributed by atoms with E-state index >= 15 is 0 Å². The second kappa shape index (κ2) is 6.31. The van der Waals surface area contributed by atoms with Gasteiger partial charge in [0.1, 0.15) is 11.6 Å². The highest BCUT2D eigenvalue weighted by molar-refractivity contribution is 7.99. The number of esters is 1. The van der Waals surface area contributed by atoms with Crippen LogP contribution in [0.5, 0.6) is 0 Å². The number of ether oxygens (including phenoxy) is 1. The van der Waals surface area contributed by atoms with Crippen LogP contribution in [-0.4, -0.2) is 29.0 Å². The Bertz CT molecular complexity index is 694. The Hall–Kier alpha value is -2.15. The van der Waals surface area contributed by atoms with E-state index in [1.54, 1.807) is 18.2 Å². The fourth-order valence-electron chi connectivity index (χ4n) is 2.34. The molecule has 0 radical (unpaired) electrons. The average Bonchev–Trinajstić information content (AvgIpc) is 2.56. The Balaban J connectivity index is 1.80. The second-order valence-electron chi connectivity index (χ2n) is 4.79. The maximum Gasteiger partial charge on any atom is 0.358 e. The number of fused-ring (bicyclic) bond motifs is 1. The van der Waals surface area contributed by atoms with E-state index in [1.807, 2.05) is 6.07 Å². The van der Waals surface area contributed by atoms with Gasteiger partial charge < -0.3 is 10.1 Å². The summed E-state index contributed by atoms with van der Waals surface area (Å²) >= 11 is 1.53. The molecule has 1 N–H and O–H groups in total. The Labute approximate surface area is 131 Å². The van der Waals surface area contributed by atoms with Crippen molar-refractivity contribution in [3.05, 3.63) is 47.4 Å². The molecule has 114 valence electrons. The summed E-state index contributed by atoms with van der Waals surface area (Å²) in [5, 5.41) is 11.0. The number of rotatable bonds is 3. The van der Waals surface area contributed by atoms with E-state index in [0.29, 0.717) is 10.7 Å². The van der Waals surface area contributed by atoms with Crippen molar-refractivity contribution in [3.8, 4) is 0 Å². The molecule has 1 atom stereocenters. The molecule has 1 aromatic carbocycles. The molecule has 0 fully saturated rings. The molecule has 3 rings (SSSR count). The van der Waals surface area contributed by atoms with Crippen LogP contribution in [0.15, 0.2) is 35.2 Å². The summed E-state index contributed by atoms with van der Waals surface area (Å²) in [5.74, 6) is 0.653. The number of nitrogens with one attached hydrogen (secondary N) is 1. The van der Waals surface area contributed by atoms with Crippen molar-refractivity contribution in [2.75, 3.05) is 18.2 Å². The van der Waals surface area contributed by atoms with Crippen LogP contribution in [0.1, 0.15) is 28.5 Å². The minimum Gasteiger partial charge on any atom is -0.464 e. The van der Waals surface area contributed by atoms with Crippen molar-refractivity contribution in [2.24, 2.45) is 0 Å². The van der Waals surface area contributed by atoms with Crippen molar-refractivity contribution in [1.82, 2.24) is 10.2 Å². The number of hydrogen-bond donors (Lipinski definition) is 1. The van der Waals surface area contributed by atoms with E-state index < -0.39 is 5.97 Å². The number of hydrogen-bond acceptors (Lipinski definition) is 6. The highest BCUT2D eigenvalue weighted by Crippen LogP contribution is 2.38. The lowest BCUT2D eigenvalue weighted by Gasteiger charge is -2.26. The van der Waals surface area contributed by atoms with E-state index in [-0.39, 0.29) is 17.6 Å². The van der Waals surface area contributed by atoms with Gasteiger partial charge in [0.15, 0.2) is 5.69 Å². The van der Waals surface area contributed by atoms with E-state index in [0.717, 1.165) is 17.7 Å². The number of anilines is 1. The van der Waals surface area contributed by atoms with Crippen molar-refractivity contribution in [3.63, 3.8) is 0 Å². The summed E-state index contributed by atoms with van der Waals surface area (Å²) in [6.07, 6.45) is 0.863. The first kappa shape index (κ1) is 14.8. The standard InChI is InChI=1S/C15H14FN3O2S/c1-21-15(20)12-5-6-13(19-18-12)17-11-7-8-22-14-9(11)3-2-4-10(14)16/h2-6,11H,7-8H2,1H3,(H,17,19). The number of methoxy groups -OCH3 is 1. The van der Waals surface area contributed by atoms with Gasteiger partial charge >= 0.3 is 5.97 Å². The molecule has 2 heterocycles. The molecule has 7 heteroatoms. The normalized spacial score (nSPS) is 16.7. The van der Waals surface area contributed by atoms with Crippen molar-refractivity contribution in [1.29, 1.82) is 0 Å². The summed E-state index contributed by atoms with van der Waals surface area (Å²) < 4.78 is 18.4. The zero-order chi connectivity index (χ0) is 15.5. The molecule has 1 aromatic heterocycles. The topological polar surface area (TPSA) is 64.1 Å². The predicted octanol–water partition coefficient (Wildman–Crippen LogP) is 3.05. The van der Waals surface area contributed by atoms with Gasteiger partial charge in [-0.2, -0.15) is 0 Å². The Morgan fingerprint density at radius 3 is 2.95 bits per heavy atom. The fraction of sp³-hybridized carbons (Fsp3) is 0.267. The molecule has 0 spiro atoms. The van der Waals surface area contributed by atoms with Crippen LogP contribution in [0, 0.1) is 5.82 Å². The van der Waals surface area contributed by atoms with E-state index in [1.165, 1.54) is 24.9 Å². The minimum atomic E-state index is -0.527. The largest absolute Gasteiger partial charge is 0.464 e. The molecule has 1 aliphatic rings. The quantitative estimate of drug-likeness (QED) is 0.877. The SMILES string of the molecule is COC(=O)c1ccc(NC2CCSc3c(F)cccc32)nn1. The average molecular weight is 319 g/mol. The van der Waals surface area contributed by atoms with Gasteiger partial charge in [0.2, 0.25) is 0 Å². The summed E-state index contributed by atoms with van der Waals surface area (Å²) in [4.78, 5) is 12.0. The first-order valence-electron chi connectivity index (χ1n) is 6.79. The molecule has 0 saturated heterocycles. The van der Waals surface area contributed by atoms with Crippen molar-refractivity contribution < 1.29 is 13.9 Å². The lowest BCUT2D eigenvalue weighted by Crippen LogP contribution is -2.18. The zero-order valence-electron chi connectivity index (χ0n) is 11.9. The molecule has 5 nitrogen and oxygen atoms in total. The Morgan fingerprint density at radius 2 is 2.23 bits per heavy atom. The molecule has 22 heavy (non-hydrogen) atoms. The fourth-order valence-corrected chi connectivity index (χ4v) is 3.48. The first-order chi connectivity index (χ1) is 10.7. The Morgan fingerprint density at radius 1 is 1.36 bits per heavy atom. The number of halogens is 1. The number of aromatic nitrogens is 2. The summed E-state index contributed by atoms with van der Waals surface area (Å²) in [6.45, 7) is 0. The number of thioether (sulfide) groups is 1. The van der Waals surface area contributed by atoms with Crippen LogP contribution in [0.2, 0.25) is 0 Å². The van der Waals surface area contributed by atoms with Crippen molar-refractivity contribution >= 4 is 23.5 Å². The minimum absolute atomic E-state index is 0.0229. The number of benzene rings is 1. The van der Waals surface area contributed by atoms with E-state index in [4.69, 9.17) is 0 Å². The highest BCUT2D eigenvalue weighted by Gasteiger charge is 2.23. The van der Waals surface area contributed by atoms with Gasteiger partial charge in [-0.15, -0.1) is 22.0 Å². The first-order valence-corrected chi connectivity index (χ1v) is 7.77. The summed E-state index contributed by atoms with van der Waals surface area (Å²) in [7, 11) is 1.29. The van der Waals surface area contributed by atoms with Gasteiger partial charge in [0.25, 0.3) is 0 Å². The number of carbonyl (C=O) groups is 1. The molecular weight excluding hydrogens is 305 g/mol. The van der Waals surface area contributed by atoms with Gasteiger partial charge in [0.05, 0.1) is 13.2 Å². The van der Waals surface area contributed by atoms with Crippen LogP contribution in [0.4, 0.5) is 10.2 Å². The van der Waals surface area contributed by atoms with Crippen molar-refractivity contribution in [2.45, 2.75) is 17.4 Å². The molecule has 1 aliphatic heterocycles. The maximum atomic E-state index is 13.8. The van der Waals surface area contributed by atoms with E-state index in [9.17, 15) is 9.18 Å². The second-order valence-corrected chi connectivity index (χ2v) is 5.89. The van der Waals surface area contributed by atoms with Gasteiger partial charge in [-0.25, -0.2) is 9.18 Å². The number of carbonyl (C=O) groups excluding carboxylic acids is 1. The lowest BCUT2D eigenvalue weighted by molar-refractivity contribution is 0.0593. The van der Waals surface area contributed by atoms with Crippen LogP contribution < -0.4 is 5.32 Å². The third-order valence-electron chi connectivity index (χ3n) is 3.41. The van der Waals surface area contributed by atoms with Crippen LogP contribution >= 0.6 is 11.8 Å². The molecule has 0 saturated carbocycles. The number of nitrogens with zero attached hydrogens (tertiary/aromatic N) is 2. The van der Waals surface area contributed by atoms with Crippen LogP contribution in [0.3, 0.4) is 0 Å². The smallest absolute Gasteiger partial charge is 0.358 e. The summed E-state index contributed by atoms with van der Waals surface area (Å²) in [6, 6.07) is 8.29. The molecule has 0 amide bonds. The lowest BCUT2D eigenvalue weighted by atomic mass is 10.0. The molecule has 0 bridgehead atoms. The van der Waals surface area contributed by atoms with Crippen LogP contribution in [0.25, 0.3) is 0 Å². The maximum absolute atomic E-state index is 13.8. The Kier molecular flexibility index (Phi) is 4.24.